The molecule has 0 amide bonds. The van der Waals surface area contributed by atoms with E-state index in [2.05, 4.69) is 48.8 Å². The summed E-state index contributed by atoms with van der Waals surface area (Å²) in [5.41, 5.74) is 1.04. The Hall–Kier alpha value is -1.03. The summed E-state index contributed by atoms with van der Waals surface area (Å²) in [4.78, 5) is 4.46. The fourth-order valence-corrected chi connectivity index (χ4v) is 1.57. The highest BCUT2D eigenvalue weighted by atomic mass is 16.5. The molecule has 0 aliphatic rings. The van der Waals surface area contributed by atoms with Gasteiger partial charge in [0.15, 0.2) is 0 Å². The second kappa shape index (κ2) is 6.64. The summed E-state index contributed by atoms with van der Waals surface area (Å²) in [6.07, 6.45) is 2.06. The highest BCUT2D eigenvalue weighted by Gasteiger charge is 2.06. The van der Waals surface area contributed by atoms with Crippen molar-refractivity contribution in [2.45, 2.75) is 47.2 Å². The van der Waals surface area contributed by atoms with E-state index in [4.69, 9.17) is 4.74 Å². The van der Waals surface area contributed by atoms with Gasteiger partial charge < -0.3 is 14.6 Å². The summed E-state index contributed by atoms with van der Waals surface area (Å²) in [5.74, 6) is 1.53. The number of hydrogen-bond donors (Lipinski definition) is 1. The summed E-state index contributed by atoms with van der Waals surface area (Å²) < 4.78 is 7.71. The van der Waals surface area contributed by atoms with Crippen LogP contribution in [0.4, 0.5) is 5.95 Å². The van der Waals surface area contributed by atoms with Crippen LogP contribution in [-0.2, 0) is 11.3 Å². The lowest BCUT2D eigenvalue weighted by molar-refractivity contribution is 0.103. The SMILES string of the molecule is Cc1cn(CCOCC(C)C)c(NC(C)C)n1. The number of nitrogens with one attached hydrogen (secondary N) is 1. The van der Waals surface area contributed by atoms with Crippen LogP contribution >= 0.6 is 0 Å². The molecule has 4 nitrogen and oxygen atoms in total. The predicted molar refractivity (Wildman–Crippen MR) is 71.4 cm³/mol. The van der Waals surface area contributed by atoms with Gasteiger partial charge in [0.1, 0.15) is 0 Å². The van der Waals surface area contributed by atoms with Gasteiger partial charge in [0.2, 0.25) is 5.95 Å². The molecule has 0 saturated carbocycles. The third-order valence-electron chi connectivity index (χ3n) is 2.24. The van der Waals surface area contributed by atoms with Crippen molar-refractivity contribution in [3.8, 4) is 0 Å². The van der Waals surface area contributed by atoms with Crippen LogP contribution in [-0.4, -0.2) is 28.8 Å². The minimum atomic E-state index is 0.395. The molecule has 0 aliphatic heterocycles. The molecule has 1 rings (SSSR count). The fourth-order valence-electron chi connectivity index (χ4n) is 1.57. The van der Waals surface area contributed by atoms with Crippen molar-refractivity contribution in [2.24, 2.45) is 5.92 Å². The van der Waals surface area contributed by atoms with Crippen molar-refractivity contribution < 1.29 is 4.74 Å². The van der Waals surface area contributed by atoms with E-state index in [1.807, 2.05) is 6.92 Å². The second-order valence-electron chi connectivity index (χ2n) is 5.17. The lowest BCUT2D eigenvalue weighted by Crippen LogP contribution is -2.16. The van der Waals surface area contributed by atoms with E-state index in [1.54, 1.807) is 0 Å². The average Bonchev–Trinajstić information content (AvgIpc) is 2.52. The third-order valence-corrected chi connectivity index (χ3v) is 2.24. The molecule has 1 aromatic rings. The van der Waals surface area contributed by atoms with Gasteiger partial charge >= 0.3 is 0 Å². The van der Waals surface area contributed by atoms with Crippen molar-refractivity contribution in [3.63, 3.8) is 0 Å². The Morgan fingerprint density at radius 3 is 2.65 bits per heavy atom. The fraction of sp³-hybridized carbons (Fsp3) is 0.769. The van der Waals surface area contributed by atoms with E-state index in [-0.39, 0.29) is 0 Å². The first-order chi connectivity index (χ1) is 7.99. The average molecular weight is 239 g/mol. The number of ether oxygens (including phenoxy) is 1. The maximum atomic E-state index is 5.59. The molecule has 0 aliphatic carbocycles. The second-order valence-corrected chi connectivity index (χ2v) is 5.17. The number of imidazole rings is 1. The van der Waals surface area contributed by atoms with Gasteiger partial charge in [-0.05, 0) is 26.7 Å². The van der Waals surface area contributed by atoms with Gasteiger partial charge in [-0.3, -0.25) is 0 Å². The van der Waals surface area contributed by atoms with Crippen LogP contribution in [0, 0.1) is 12.8 Å². The number of aromatic nitrogens is 2. The normalized spacial score (nSPS) is 11.5. The first-order valence-corrected chi connectivity index (χ1v) is 6.37. The summed E-state index contributed by atoms with van der Waals surface area (Å²) in [6.45, 7) is 13.0. The molecule has 0 bridgehead atoms. The largest absolute Gasteiger partial charge is 0.379 e. The molecule has 0 saturated heterocycles. The van der Waals surface area contributed by atoms with Gasteiger partial charge in [-0.25, -0.2) is 4.98 Å². The van der Waals surface area contributed by atoms with Crippen LogP contribution in [0.2, 0.25) is 0 Å². The molecule has 1 aromatic heterocycles. The van der Waals surface area contributed by atoms with Gasteiger partial charge in [-0.1, -0.05) is 13.8 Å². The summed E-state index contributed by atoms with van der Waals surface area (Å²) in [7, 11) is 0. The van der Waals surface area contributed by atoms with Gasteiger partial charge in [0, 0.05) is 25.4 Å². The van der Waals surface area contributed by atoms with Crippen LogP contribution in [0.1, 0.15) is 33.4 Å². The molecule has 0 atom stereocenters. The lowest BCUT2D eigenvalue weighted by atomic mass is 10.2. The number of aryl methyl sites for hydroxylation is 1. The maximum absolute atomic E-state index is 5.59. The Morgan fingerprint density at radius 2 is 2.06 bits per heavy atom. The number of hydrogen-bond acceptors (Lipinski definition) is 3. The van der Waals surface area contributed by atoms with Crippen LogP contribution in [0.25, 0.3) is 0 Å². The first-order valence-electron chi connectivity index (χ1n) is 6.37. The highest BCUT2D eigenvalue weighted by molar-refractivity contribution is 5.29. The summed E-state index contributed by atoms with van der Waals surface area (Å²) in [6, 6.07) is 0.395. The van der Waals surface area contributed by atoms with Crippen LogP contribution in [0.15, 0.2) is 6.20 Å². The van der Waals surface area contributed by atoms with Crippen LogP contribution in [0.3, 0.4) is 0 Å². The zero-order chi connectivity index (χ0) is 12.8. The van der Waals surface area contributed by atoms with Crippen molar-refractivity contribution >= 4 is 5.95 Å². The van der Waals surface area contributed by atoms with Crippen LogP contribution < -0.4 is 5.32 Å². The molecular formula is C13H25N3O. The zero-order valence-corrected chi connectivity index (χ0v) is 11.7. The zero-order valence-electron chi connectivity index (χ0n) is 11.7. The molecule has 0 aromatic carbocycles. The molecule has 4 heteroatoms. The summed E-state index contributed by atoms with van der Waals surface area (Å²) >= 11 is 0. The van der Waals surface area contributed by atoms with E-state index < -0.39 is 0 Å². The number of anilines is 1. The first kappa shape index (κ1) is 14.0. The topological polar surface area (TPSA) is 39.1 Å². The Bertz CT molecular complexity index is 331. The predicted octanol–water partition coefficient (Wildman–Crippen LogP) is 2.68. The Kier molecular flexibility index (Phi) is 5.48. The van der Waals surface area contributed by atoms with Crippen molar-refractivity contribution in [3.05, 3.63) is 11.9 Å². The molecular weight excluding hydrogens is 214 g/mol. The number of rotatable bonds is 7. The molecule has 1 N–H and O–H groups in total. The van der Waals surface area contributed by atoms with Gasteiger partial charge in [-0.2, -0.15) is 0 Å². The molecule has 0 unspecified atom stereocenters. The number of nitrogens with zero attached hydrogens (tertiary/aromatic N) is 2. The van der Waals surface area contributed by atoms with E-state index in [9.17, 15) is 0 Å². The monoisotopic (exact) mass is 239 g/mol. The summed E-state index contributed by atoms with van der Waals surface area (Å²) in [5, 5.41) is 3.34. The highest BCUT2D eigenvalue weighted by Crippen LogP contribution is 2.09. The molecule has 1 heterocycles. The lowest BCUT2D eigenvalue weighted by Gasteiger charge is -2.12. The van der Waals surface area contributed by atoms with E-state index in [1.165, 1.54) is 0 Å². The Labute approximate surface area is 104 Å². The molecule has 17 heavy (non-hydrogen) atoms. The maximum Gasteiger partial charge on any atom is 0.203 e. The molecule has 0 spiro atoms. The van der Waals surface area contributed by atoms with Gasteiger partial charge in [0.25, 0.3) is 0 Å². The third kappa shape index (κ3) is 5.22. The van der Waals surface area contributed by atoms with Gasteiger partial charge in [-0.15, -0.1) is 0 Å². The Morgan fingerprint density at radius 1 is 1.35 bits per heavy atom. The van der Waals surface area contributed by atoms with E-state index in [0.717, 1.165) is 31.4 Å². The van der Waals surface area contributed by atoms with Crippen molar-refractivity contribution in [1.29, 1.82) is 0 Å². The van der Waals surface area contributed by atoms with Gasteiger partial charge in [0.05, 0.1) is 12.3 Å². The smallest absolute Gasteiger partial charge is 0.203 e. The van der Waals surface area contributed by atoms with E-state index >= 15 is 0 Å². The molecule has 0 radical (unpaired) electrons. The minimum Gasteiger partial charge on any atom is -0.379 e. The Balaban J connectivity index is 2.46. The molecule has 0 fully saturated rings. The molecule has 98 valence electrons. The van der Waals surface area contributed by atoms with Crippen molar-refractivity contribution in [2.75, 3.05) is 18.5 Å². The standard InChI is InChI=1S/C13H25N3O/c1-10(2)9-17-7-6-16-8-12(5)15-13(16)14-11(3)4/h8,10-11H,6-7,9H2,1-5H3,(H,14,15). The van der Waals surface area contributed by atoms with Crippen LogP contribution in [0.5, 0.6) is 0 Å². The van der Waals surface area contributed by atoms with E-state index in [0.29, 0.717) is 12.0 Å². The quantitative estimate of drug-likeness (QED) is 0.744. The minimum absolute atomic E-state index is 0.395. The van der Waals surface area contributed by atoms with Crippen molar-refractivity contribution in [1.82, 2.24) is 9.55 Å².